The van der Waals surface area contributed by atoms with Crippen molar-refractivity contribution in [2.45, 2.75) is 12.8 Å². The molecule has 0 aliphatic rings. The molecule has 6 heteroatoms. The molecule has 0 bridgehead atoms. The quantitative estimate of drug-likeness (QED) is 0.644. The Balaban J connectivity index is 2.79. The summed E-state index contributed by atoms with van der Waals surface area (Å²) in [4.78, 5) is 22.1. The Morgan fingerprint density at radius 3 is 2.45 bits per heavy atom. The monoisotopic (exact) mass is 275 g/mol. The van der Waals surface area contributed by atoms with Crippen LogP contribution >= 0.6 is 0 Å². The van der Waals surface area contributed by atoms with Crippen LogP contribution in [0.2, 0.25) is 0 Å². The van der Waals surface area contributed by atoms with Gasteiger partial charge in [0.15, 0.2) is 0 Å². The number of hydrogen-bond donors (Lipinski definition) is 2. The number of fused-ring (bicyclic) bond motifs is 1. The second kappa shape index (κ2) is 5.66. The zero-order valence-corrected chi connectivity index (χ0v) is 10.6. The van der Waals surface area contributed by atoms with Crippen molar-refractivity contribution in [3.8, 4) is 0 Å². The molecule has 0 spiro atoms. The zero-order valence-electron chi connectivity index (χ0n) is 10.6. The van der Waals surface area contributed by atoms with E-state index in [0.717, 1.165) is 0 Å². The van der Waals surface area contributed by atoms with Gasteiger partial charge in [0.1, 0.15) is 0 Å². The lowest BCUT2D eigenvalue weighted by Gasteiger charge is -2.10. The van der Waals surface area contributed by atoms with E-state index < -0.39 is 10.9 Å². The van der Waals surface area contributed by atoms with Crippen molar-refractivity contribution in [3.05, 3.63) is 51.6 Å². The number of benzene rings is 2. The van der Waals surface area contributed by atoms with Crippen LogP contribution in [-0.4, -0.2) is 27.7 Å². The molecular formula is C14H13NO5. The Morgan fingerprint density at radius 2 is 1.90 bits per heavy atom. The maximum absolute atomic E-state index is 11.4. The van der Waals surface area contributed by atoms with Gasteiger partial charge in [-0.05, 0) is 24.5 Å². The minimum atomic E-state index is -1.12. The Bertz CT molecular complexity index is 681. The number of aromatic carboxylic acids is 1. The molecule has 2 rings (SSSR count). The SMILES string of the molecule is O=C(O)c1c(CCCO)cc([N+](=O)[O-])c2ccccc12. The smallest absolute Gasteiger partial charge is 0.336 e. The lowest BCUT2D eigenvalue weighted by atomic mass is 9.95. The van der Waals surface area contributed by atoms with Crippen LogP contribution in [-0.2, 0) is 6.42 Å². The first-order chi connectivity index (χ1) is 9.56. The Morgan fingerprint density at radius 1 is 1.25 bits per heavy atom. The van der Waals surface area contributed by atoms with Crippen LogP contribution < -0.4 is 0 Å². The molecule has 2 aromatic carbocycles. The number of aliphatic hydroxyl groups excluding tert-OH is 1. The predicted octanol–water partition coefficient (Wildman–Crippen LogP) is 2.37. The number of non-ortho nitro benzene ring substituents is 1. The van der Waals surface area contributed by atoms with Gasteiger partial charge in [0.05, 0.1) is 15.9 Å². The topological polar surface area (TPSA) is 101 Å². The molecule has 0 saturated heterocycles. The number of nitro groups is 1. The molecule has 0 aliphatic carbocycles. The summed E-state index contributed by atoms with van der Waals surface area (Å²) in [7, 11) is 0. The van der Waals surface area contributed by atoms with Crippen molar-refractivity contribution in [2.24, 2.45) is 0 Å². The zero-order chi connectivity index (χ0) is 14.7. The largest absolute Gasteiger partial charge is 0.478 e. The van der Waals surface area contributed by atoms with Gasteiger partial charge < -0.3 is 10.2 Å². The molecule has 0 aromatic heterocycles. The van der Waals surface area contributed by atoms with E-state index in [1.54, 1.807) is 18.2 Å². The summed E-state index contributed by atoms with van der Waals surface area (Å²) >= 11 is 0. The van der Waals surface area contributed by atoms with Gasteiger partial charge >= 0.3 is 5.97 Å². The fourth-order valence-corrected chi connectivity index (χ4v) is 2.28. The number of carboxylic acid groups (broad SMARTS) is 1. The van der Waals surface area contributed by atoms with Gasteiger partial charge in [0, 0.05) is 18.1 Å². The molecule has 0 heterocycles. The van der Waals surface area contributed by atoms with E-state index >= 15 is 0 Å². The summed E-state index contributed by atoms with van der Waals surface area (Å²) < 4.78 is 0. The lowest BCUT2D eigenvalue weighted by Crippen LogP contribution is -2.06. The van der Waals surface area contributed by atoms with Gasteiger partial charge in [0.2, 0.25) is 0 Å². The predicted molar refractivity (Wildman–Crippen MR) is 73.0 cm³/mol. The second-order valence-corrected chi connectivity index (χ2v) is 4.36. The fourth-order valence-electron chi connectivity index (χ4n) is 2.28. The van der Waals surface area contributed by atoms with Crippen molar-refractivity contribution in [3.63, 3.8) is 0 Å². The van der Waals surface area contributed by atoms with Crippen molar-refractivity contribution >= 4 is 22.4 Å². The van der Waals surface area contributed by atoms with Gasteiger partial charge in [-0.2, -0.15) is 0 Å². The third-order valence-corrected chi connectivity index (χ3v) is 3.12. The van der Waals surface area contributed by atoms with E-state index in [2.05, 4.69) is 0 Å². The first kappa shape index (κ1) is 14.0. The third-order valence-electron chi connectivity index (χ3n) is 3.12. The molecule has 0 unspecified atom stereocenters. The molecule has 0 saturated carbocycles. The molecule has 0 aliphatic heterocycles. The molecule has 20 heavy (non-hydrogen) atoms. The van der Waals surface area contributed by atoms with Crippen LogP contribution in [0.25, 0.3) is 10.8 Å². The molecule has 2 aromatic rings. The average Bonchev–Trinajstić information content (AvgIpc) is 2.43. The van der Waals surface area contributed by atoms with Crippen LogP contribution in [0.5, 0.6) is 0 Å². The van der Waals surface area contributed by atoms with Gasteiger partial charge in [-0.15, -0.1) is 0 Å². The van der Waals surface area contributed by atoms with Crippen molar-refractivity contribution < 1.29 is 19.9 Å². The number of carbonyl (C=O) groups is 1. The fraction of sp³-hybridized carbons (Fsp3) is 0.214. The van der Waals surface area contributed by atoms with Gasteiger partial charge in [0.25, 0.3) is 5.69 Å². The van der Waals surface area contributed by atoms with Crippen molar-refractivity contribution in [1.82, 2.24) is 0 Å². The van der Waals surface area contributed by atoms with Gasteiger partial charge in [-0.25, -0.2) is 4.79 Å². The van der Waals surface area contributed by atoms with Crippen LogP contribution in [0.3, 0.4) is 0 Å². The Hall–Kier alpha value is -2.47. The van der Waals surface area contributed by atoms with E-state index in [1.165, 1.54) is 12.1 Å². The van der Waals surface area contributed by atoms with Crippen molar-refractivity contribution in [1.29, 1.82) is 0 Å². The molecular weight excluding hydrogens is 262 g/mol. The second-order valence-electron chi connectivity index (χ2n) is 4.36. The highest BCUT2D eigenvalue weighted by atomic mass is 16.6. The summed E-state index contributed by atoms with van der Waals surface area (Å²) in [6, 6.07) is 7.67. The minimum Gasteiger partial charge on any atom is -0.478 e. The highest BCUT2D eigenvalue weighted by molar-refractivity contribution is 6.08. The molecule has 6 nitrogen and oxygen atoms in total. The van der Waals surface area contributed by atoms with Gasteiger partial charge in [-0.1, -0.05) is 18.2 Å². The van der Waals surface area contributed by atoms with E-state index in [1.807, 2.05) is 0 Å². The Kier molecular flexibility index (Phi) is 3.95. The van der Waals surface area contributed by atoms with E-state index in [9.17, 15) is 20.0 Å². The van der Waals surface area contributed by atoms with E-state index in [0.29, 0.717) is 22.8 Å². The summed E-state index contributed by atoms with van der Waals surface area (Å²) in [6.45, 7) is -0.0975. The average molecular weight is 275 g/mol. The number of aliphatic hydroxyl groups is 1. The molecule has 0 fully saturated rings. The highest BCUT2D eigenvalue weighted by Gasteiger charge is 2.21. The summed E-state index contributed by atoms with van der Waals surface area (Å²) in [5.74, 6) is -1.12. The van der Waals surface area contributed by atoms with Gasteiger partial charge in [-0.3, -0.25) is 10.1 Å². The third kappa shape index (κ3) is 2.46. The standard InChI is InChI=1S/C14H13NO5/c16-7-3-4-9-8-12(15(19)20)10-5-1-2-6-11(10)13(9)14(17)18/h1-2,5-6,8,16H,3-4,7H2,(H,17,18). The summed E-state index contributed by atoms with van der Waals surface area (Å²) in [5.41, 5.74) is 0.329. The normalized spacial score (nSPS) is 10.7. The molecule has 2 N–H and O–H groups in total. The summed E-state index contributed by atoms with van der Waals surface area (Å²) in [5, 5.41) is 30.0. The van der Waals surface area contributed by atoms with Crippen LogP contribution in [0.15, 0.2) is 30.3 Å². The maximum atomic E-state index is 11.4. The molecule has 0 amide bonds. The van der Waals surface area contributed by atoms with Crippen LogP contribution in [0.1, 0.15) is 22.3 Å². The highest BCUT2D eigenvalue weighted by Crippen LogP contribution is 2.32. The number of rotatable bonds is 5. The van der Waals surface area contributed by atoms with Crippen molar-refractivity contribution in [2.75, 3.05) is 6.61 Å². The molecule has 0 radical (unpaired) electrons. The minimum absolute atomic E-state index is 0.0691. The van der Waals surface area contributed by atoms with E-state index in [4.69, 9.17) is 5.11 Å². The number of nitrogens with zero attached hydrogens (tertiary/aromatic N) is 1. The summed E-state index contributed by atoms with van der Waals surface area (Å²) in [6.07, 6.45) is 0.638. The molecule has 0 atom stereocenters. The van der Waals surface area contributed by atoms with Crippen LogP contribution in [0.4, 0.5) is 5.69 Å². The number of hydrogen-bond acceptors (Lipinski definition) is 4. The number of aryl methyl sites for hydroxylation is 1. The number of carboxylic acids is 1. The lowest BCUT2D eigenvalue weighted by molar-refractivity contribution is -0.383. The molecule has 104 valence electrons. The Labute approximate surface area is 114 Å². The maximum Gasteiger partial charge on any atom is 0.336 e. The van der Waals surface area contributed by atoms with E-state index in [-0.39, 0.29) is 24.3 Å². The van der Waals surface area contributed by atoms with Crippen LogP contribution in [0, 0.1) is 10.1 Å². The first-order valence-electron chi connectivity index (χ1n) is 6.09. The number of nitro benzene ring substituents is 1. The first-order valence-corrected chi connectivity index (χ1v) is 6.09.